The van der Waals surface area contributed by atoms with E-state index in [2.05, 4.69) is 48.4 Å². The highest BCUT2D eigenvalue weighted by Gasteiger charge is 2.17. The molecule has 0 radical (unpaired) electrons. The number of nitrogens with one attached hydrogen (secondary N) is 1. The van der Waals surface area contributed by atoms with E-state index in [1.807, 2.05) is 0 Å². The predicted octanol–water partition coefficient (Wildman–Crippen LogP) is 2.66. The van der Waals surface area contributed by atoms with Gasteiger partial charge in [0.2, 0.25) is 0 Å². The van der Waals surface area contributed by atoms with E-state index in [0.717, 1.165) is 37.4 Å². The number of aromatic nitrogens is 2. The molecule has 1 N–H and O–H groups in total. The van der Waals surface area contributed by atoms with Gasteiger partial charge in [0.15, 0.2) is 0 Å². The van der Waals surface area contributed by atoms with Gasteiger partial charge >= 0.3 is 0 Å². The second-order valence-corrected chi connectivity index (χ2v) is 5.06. The fraction of sp³-hybridized carbons (Fsp3) is 0.375. The van der Waals surface area contributed by atoms with Crippen molar-refractivity contribution >= 4 is 0 Å². The van der Waals surface area contributed by atoms with Crippen LogP contribution in [0.2, 0.25) is 0 Å². The molecule has 0 amide bonds. The summed E-state index contributed by atoms with van der Waals surface area (Å²) < 4.78 is 0. The summed E-state index contributed by atoms with van der Waals surface area (Å²) in [6.45, 7) is 6.11. The Kier molecular flexibility index (Phi) is 3.30. The van der Waals surface area contributed by atoms with Crippen LogP contribution in [0.15, 0.2) is 24.3 Å². The molecule has 1 aromatic carbocycles. The lowest BCUT2D eigenvalue weighted by Crippen LogP contribution is -2.26. The molecule has 0 spiro atoms. The summed E-state index contributed by atoms with van der Waals surface area (Å²) in [6.07, 6.45) is 1.89. The molecule has 1 aliphatic rings. The molecular weight excluding hydrogens is 234 g/mol. The first-order chi connectivity index (χ1) is 9.28. The van der Waals surface area contributed by atoms with Crippen LogP contribution in [0.4, 0.5) is 0 Å². The Labute approximate surface area is 114 Å². The maximum atomic E-state index is 4.75. The quantitative estimate of drug-likeness (QED) is 0.894. The van der Waals surface area contributed by atoms with Crippen LogP contribution in [-0.4, -0.2) is 16.5 Å². The third-order valence-corrected chi connectivity index (χ3v) is 3.62. The number of nitrogens with zero attached hydrogens (tertiary/aromatic N) is 2. The first-order valence-corrected chi connectivity index (χ1v) is 6.94. The molecule has 3 rings (SSSR count). The maximum absolute atomic E-state index is 4.75. The fourth-order valence-corrected chi connectivity index (χ4v) is 2.50. The van der Waals surface area contributed by atoms with Crippen molar-refractivity contribution in [3.8, 4) is 11.3 Å². The number of hydrogen-bond donors (Lipinski definition) is 1. The average Bonchev–Trinajstić information content (AvgIpc) is 2.47. The molecular formula is C16H19N3. The van der Waals surface area contributed by atoms with Crippen LogP contribution < -0.4 is 5.32 Å². The van der Waals surface area contributed by atoms with Gasteiger partial charge < -0.3 is 5.32 Å². The third-order valence-electron chi connectivity index (χ3n) is 3.62. The Bertz CT molecular complexity index is 588. The van der Waals surface area contributed by atoms with Crippen LogP contribution in [-0.2, 0) is 19.4 Å². The standard InChI is InChI=1S/C16H19N3/c1-3-15-18-14-8-9-17-10-13(14)16(19-15)12-6-4-11(2)5-7-12/h4-7,17H,3,8-10H2,1-2H3. The highest BCUT2D eigenvalue weighted by molar-refractivity contribution is 5.64. The second-order valence-electron chi connectivity index (χ2n) is 5.06. The summed E-state index contributed by atoms with van der Waals surface area (Å²) in [5.74, 6) is 0.955. The van der Waals surface area contributed by atoms with Crippen molar-refractivity contribution in [1.82, 2.24) is 15.3 Å². The summed E-state index contributed by atoms with van der Waals surface area (Å²) in [5.41, 5.74) is 6.07. The van der Waals surface area contributed by atoms with Crippen molar-refractivity contribution in [3.63, 3.8) is 0 Å². The third kappa shape index (κ3) is 2.38. The van der Waals surface area contributed by atoms with Gasteiger partial charge in [-0.15, -0.1) is 0 Å². The molecule has 1 aliphatic heterocycles. The topological polar surface area (TPSA) is 37.8 Å². The Morgan fingerprint density at radius 3 is 2.68 bits per heavy atom. The molecule has 0 bridgehead atoms. The zero-order valence-electron chi connectivity index (χ0n) is 11.5. The first kappa shape index (κ1) is 12.3. The molecule has 0 aliphatic carbocycles. The van der Waals surface area contributed by atoms with Gasteiger partial charge in [-0.2, -0.15) is 0 Å². The zero-order chi connectivity index (χ0) is 13.2. The molecule has 0 saturated heterocycles. The largest absolute Gasteiger partial charge is 0.312 e. The van der Waals surface area contributed by atoms with Gasteiger partial charge in [0.1, 0.15) is 5.82 Å². The highest BCUT2D eigenvalue weighted by atomic mass is 14.9. The molecule has 0 saturated carbocycles. The average molecular weight is 253 g/mol. The first-order valence-electron chi connectivity index (χ1n) is 6.94. The lowest BCUT2D eigenvalue weighted by Gasteiger charge is -2.20. The Hall–Kier alpha value is -1.74. The van der Waals surface area contributed by atoms with E-state index in [0.29, 0.717) is 0 Å². The molecule has 98 valence electrons. The fourth-order valence-electron chi connectivity index (χ4n) is 2.50. The van der Waals surface area contributed by atoms with E-state index in [4.69, 9.17) is 4.98 Å². The minimum atomic E-state index is 0.878. The van der Waals surface area contributed by atoms with Gasteiger partial charge in [-0.1, -0.05) is 36.8 Å². The minimum absolute atomic E-state index is 0.878. The number of aryl methyl sites for hydroxylation is 2. The highest BCUT2D eigenvalue weighted by Crippen LogP contribution is 2.26. The van der Waals surface area contributed by atoms with E-state index in [1.54, 1.807) is 0 Å². The molecule has 19 heavy (non-hydrogen) atoms. The van der Waals surface area contributed by atoms with Crippen molar-refractivity contribution in [2.45, 2.75) is 33.2 Å². The van der Waals surface area contributed by atoms with Crippen LogP contribution in [0.5, 0.6) is 0 Å². The molecule has 0 fully saturated rings. The van der Waals surface area contributed by atoms with Crippen LogP contribution in [0.3, 0.4) is 0 Å². The van der Waals surface area contributed by atoms with Crippen LogP contribution in [0.25, 0.3) is 11.3 Å². The van der Waals surface area contributed by atoms with E-state index < -0.39 is 0 Å². The Balaban J connectivity index is 2.15. The zero-order valence-corrected chi connectivity index (χ0v) is 11.5. The molecule has 3 heteroatoms. The van der Waals surface area contributed by atoms with E-state index in [-0.39, 0.29) is 0 Å². The van der Waals surface area contributed by atoms with E-state index >= 15 is 0 Å². The normalized spacial score (nSPS) is 14.2. The minimum Gasteiger partial charge on any atom is -0.312 e. The summed E-state index contributed by atoms with van der Waals surface area (Å²) in [4.78, 5) is 9.44. The maximum Gasteiger partial charge on any atom is 0.129 e. The monoisotopic (exact) mass is 253 g/mol. The smallest absolute Gasteiger partial charge is 0.129 e. The van der Waals surface area contributed by atoms with Crippen molar-refractivity contribution in [3.05, 3.63) is 46.9 Å². The molecule has 0 unspecified atom stereocenters. The number of fused-ring (bicyclic) bond motifs is 1. The Morgan fingerprint density at radius 2 is 1.95 bits per heavy atom. The van der Waals surface area contributed by atoms with Crippen molar-refractivity contribution in [1.29, 1.82) is 0 Å². The van der Waals surface area contributed by atoms with Crippen LogP contribution in [0.1, 0.15) is 29.6 Å². The van der Waals surface area contributed by atoms with Gasteiger partial charge in [-0.3, -0.25) is 0 Å². The van der Waals surface area contributed by atoms with Gasteiger partial charge in [0.25, 0.3) is 0 Å². The predicted molar refractivity (Wildman–Crippen MR) is 77.0 cm³/mol. The number of rotatable bonds is 2. The summed E-state index contributed by atoms with van der Waals surface area (Å²) in [6, 6.07) is 8.61. The lowest BCUT2D eigenvalue weighted by molar-refractivity contribution is 0.622. The van der Waals surface area contributed by atoms with Crippen LogP contribution in [0, 0.1) is 6.92 Å². The summed E-state index contributed by atoms with van der Waals surface area (Å²) >= 11 is 0. The molecule has 2 heterocycles. The van der Waals surface area contributed by atoms with Crippen molar-refractivity contribution in [2.24, 2.45) is 0 Å². The lowest BCUT2D eigenvalue weighted by atomic mass is 9.99. The van der Waals surface area contributed by atoms with Gasteiger partial charge in [-0.25, -0.2) is 9.97 Å². The number of benzene rings is 1. The summed E-state index contributed by atoms with van der Waals surface area (Å²) in [5, 5.41) is 3.42. The number of hydrogen-bond acceptors (Lipinski definition) is 3. The van der Waals surface area contributed by atoms with Crippen LogP contribution >= 0.6 is 0 Å². The molecule has 3 nitrogen and oxygen atoms in total. The SMILES string of the molecule is CCc1nc2c(c(-c3ccc(C)cc3)n1)CNCC2. The second kappa shape index (κ2) is 5.10. The molecule has 2 aromatic rings. The van der Waals surface area contributed by atoms with Crippen molar-refractivity contribution in [2.75, 3.05) is 6.54 Å². The van der Waals surface area contributed by atoms with Gasteiger partial charge in [0, 0.05) is 37.1 Å². The summed E-state index contributed by atoms with van der Waals surface area (Å²) in [7, 11) is 0. The Morgan fingerprint density at radius 1 is 1.16 bits per heavy atom. The van der Waals surface area contributed by atoms with Gasteiger partial charge in [-0.05, 0) is 6.92 Å². The van der Waals surface area contributed by atoms with E-state index in [9.17, 15) is 0 Å². The van der Waals surface area contributed by atoms with E-state index in [1.165, 1.54) is 22.4 Å². The van der Waals surface area contributed by atoms with Gasteiger partial charge in [0.05, 0.1) is 11.4 Å². The molecule has 1 aromatic heterocycles. The molecule has 0 atom stereocenters. The van der Waals surface area contributed by atoms with Crippen molar-refractivity contribution < 1.29 is 0 Å².